The molecule has 1 amide bonds. The van der Waals surface area contributed by atoms with Crippen molar-refractivity contribution in [1.82, 2.24) is 5.43 Å². The predicted molar refractivity (Wildman–Crippen MR) is 106 cm³/mol. The molecule has 0 bridgehead atoms. The highest BCUT2D eigenvalue weighted by molar-refractivity contribution is 6.13. The summed E-state index contributed by atoms with van der Waals surface area (Å²) in [5.41, 5.74) is 5.58. The minimum Gasteiger partial charge on any atom is -0.497 e. The molecule has 5 nitrogen and oxygen atoms in total. The molecule has 5 heteroatoms. The second kappa shape index (κ2) is 8.67. The smallest absolute Gasteiger partial charge is 0.271 e. The Balaban J connectivity index is 1.88. The van der Waals surface area contributed by atoms with Crippen molar-refractivity contribution >= 4 is 11.6 Å². The minimum atomic E-state index is -0.292. The number of carbonyl (C=O) groups excluding carboxylic acids is 1. The predicted octanol–water partition coefficient (Wildman–Crippen LogP) is 3.89. The lowest BCUT2D eigenvalue weighted by Crippen LogP contribution is -2.20. The van der Waals surface area contributed by atoms with Crippen LogP contribution in [0.2, 0.25) is 0 Å². The van der Waals surface area contributed by atoms with Gasteiger partial charge in [-0.15, -0.1) is 0 Å². The van der Waals surface area contributed by atoms with Crippen molar-refractivity contribution < 1.29 is 14.3 Å². The number of ether oxygens (including phenoxy) is 2. The van der Waals surface area contributed by atoms with Crippen LogP contribution in [0.15, 0.2) is 84.0 Å². The number of rotatable bonds is 6. The Bertz CT molecular complexity index is 918. The fraction of sp³-hybridized carbons (Fsp3) is 0.0909. The van der Waals surface area contributed by atoms with Gasteiger partial charge < -0.3 is 9.47 Å². The normalized spacial score (nSPS) is 11.0. The van der Waals surface area contributed by atoms with Gasteiger partial charge >= 0.3 is 0 Å². The molecule has 3 aromatic rings. The summed E-state index contributed by atoms with van der Waals surface area (Å²) in [4.78, 5) is 12.4. The second-order valence-electron chi connectivity index (χ2n) is 5.72. The molecule has 0 fully saturated rings. The lowest BCUT2D eigenvalue weighted by Gasteiger charge is -2.09. The van der Waals surface area contributed by atoms with Crippen LogP contribution in [0.4, 0.5) is 0 Å². The van der Waals surface area contributed by atoms with Crippen LogP contribution in [-0.4, -0.2) is 25.8 Å². The van der Waals surface area contributed by atoms with Crippen LogP contribution in [-0.2, 0) is 0 Å². The van der Waals surface area contributed by atoms with E-state index in [1.807, 2.05) is 54.6 Å². The topological polar surface area (TPSA) is 59.9 Å². The fourth-order valence-electron chi connectivity index (χ4n) is 2.55. The third kappa shape index (κ3) is 4.52. The lowest BCUT2D eigenvalue weighted by molar-refractivity contribution is 0.0955. The van der Waals surface area contributed by atoms with Gasteiger partial charge in [0.1, 0.15) is 11.5 Å². The molecule has 0 heterocycles. The van der Waals surface area contributed by atoms with Gasteiger partial charge in [0.05, 0.1) is 19.9 Å². The van der Waals surface area contributed by atoms with Crippen molar-refractivity contribution in [2.45, 2.75) is 0 Å². The Morgan fingerprint density at radius 2 is 1.19 bits per heavy atom. The van der Waals surface area contributed by atoms with Gasteiger partial charge in [0.25, 0.3) is 5.91 Å². The molecule has 0 radical (unpaired) electrons. The van der Waals surface area contributed by atoms with Crippen LogP contribution >= 0.6 is 0 Å². The SMILES string of the molecule is COc1ccc(C(=O)NN=C(c2ccccc2)c2ccc(OC)cc2)cc1. The maximum absolute atomic E-state index is 12.4. The summed E-state index contributed by atoms with van der Waals surface area (Å²) in [5, 5.41) is 4.38. The highest BCUT2D eigenvalue weighted by Crippen LogP contribution is 2.16. The Hall–Kier alpha value is -3.60. The highest BCUT2D eigenvalue weighted by atomic mass is 16.5. The highest BCUT2D eigenvalue weighted by Gasteiger charge is 2.10. The van der Waals surface area contributed by atoms with E-state index in [1.165, 1.54) is 0 Å². The number of hydrogen-bond acceptors (Lipinski definition) is 4. The molecule has 0 saturated carbocycles. The number of amides is 1. The molecule has 0 saturated heterocycles. The third-order valence-corrected chi connectivity index (χ3v) is 4.03. The van der Waals surface area contributed by atoms with Crippen LogP contribution in [0.3, 0.4) is 0 Å². The standard InChI is InChI=1S/C22H20N2O3/c1-26-19-12-8-17(9-13-19)21(16-6-4-3-5-7-16)23-24-22(25)18-10-14-20(27-2)15-11-18/h3-15H,1-2H3,(H,24,25). The van der Waals surface area contributed by atoms with Crippen LogP contribution < -0.4 is 14.9 Å². The number of nitrogens with one attached hydrogen (secondary N) is 1. The van der Waals surface area contributed by atoms with Crippen LogP contribution in [0.25, 0.3) is 0 Å². The Kier molecular flexibility index (Phi) is 5.84. The lowest BCUT2D eigenvalue weighted by atomic mass is 10.0. The molecule has 3 aromatic carbocycles. The molecular weight excluding hydrogens is 340 g/mol. The molecule has 0 aromatic heterocycles. The van der Waals surface area contributed by atoms with Gasteiger partial charge in [0, 0.05) is 16.7 Å². The van der Waals surface area contributed by atoms with Gasteiger partial charge in [0.15, 0.2) is 0 Å². The van der Waals surface area contributed by atoms with Gasteiger partial charge in [-0.25, -0.2) is 5.43 Å². The Morgan fingerprint density at radius 3 is 1.70 bits per heavy atom. The summed E-state index contributed by atoms with van der Waals surface area (Å²) in [6, 6.07) is 24.1. The average molecular weight is 360 g/mol. The van der Waals surface area contributed by atoms with E-state index in [0.717, 1.165) is 16.9 Å². The van der Waals surface area contributed by atoms with E-state index in [4.69, 9.17) is 9.47 Å². The second-order valence-corrected chi connectivity index (χ2v) is 5.72. The molecule has 1 N–H and O–H groups in total. The largest absolute Gasteiger partial charge is 0.497 e. The van der Waals surface area contributed by atoms with Gasteiger partial charge in [-0.1, -0.05) is 30.3 Å². The Labute approximate surface area is 158 Å². The number of nitrogens with zero attached hydrogens (tertiary/aromatic N) is 1. The first-order chi connectivity index (χ1) is 13.2. The minimum absolute atomic E-state index is 0.292. The zero-order valence-electron chi connectivity index (χ0n) is 15.2. The zero-order chi connectivity index (χ0) is 19.1. The molecule has 0 spiro atoms. The van der Waals surface area contributed by atoms with Gasteiger partial charge in [0.2, 0.25) is 0 Å². The maximum atomic E-state index is 12.4. The van der Waals surface area contributed by atoms with E-state index in [-0.39, 0.29) is 5.91 Å². The van der Waals surface area contributed by atoms with Crippen LogP contribution in [0.1, 0.15) is 21.5 Å². The number of carbonyl (C=O) groups is 1. The van der Waals surface area contributed by atoms with E-state index < -0.39 is 0 Å². The van der Waals surface area contributed by atoms with Crippen molar-refractivity contribution in [1.29, 1.82) is 0 Å². The number of benzene rings is 3. The molecule has 0 atom stereocenters. The van der Waals surface area contributed by atoms with Crippen molar-refractivity contribution in [2.75, 3.05) is 14.2 Å². The first-order valence-corrected chi connectivity index (χ1v) is 8.43. The van der Waals surface area contributed by atoms with Crippen LogP contribution in [0.5, 0.6) is 11.5 Å². The monoisotopic (exact) mass is 360 g/mol. The molecule has 0 aliphatic carbocycles. The number of hydrogen-bond donors (Lipinski definition) is 1. The molecule has 27 heavy (non-hydrogen) atoms. The van der Waals surface area contributed by atoms with E-state index in [2.05, 4.69) is 10.5 Å². The number of methoxy groups -OCH3 is 2. The first-order valence-electron chi connectivity index (χ1n) is 8.43. The van der Waals surface area contributed by atoms with Crippen LogP contribution in [0, 0.1) is 0 Å². The first kappa shape index (κ1) is 18.2. The molecule has 136 valence electrons. The van der Waals surface area contributed by atoms with Crippen molar-refractivity contribution in [2.24, 2.45) is 5.10 Å². The Morgan fingerprint density at radius 1 is 0.704 bits per heavy atom. The quantitative estimate of drug-likeness (QED) is 0.536. The maximum Gasteiger partial charge on any atom is 0.271 e. The van der Waals surface area contributed by atoms with E-state index in [1.54, 1.807) is 38.5 Å². The van der Waals surface area contributed by atoms with Gasteiger partial charge in [-0.2, -0.15) is 5.10 Å². The molecule has 0 aliphatic heterocycles. The van der Waals surface area contributed by atoms with E-state index >= 15 is 0 Å². The molecule has 0 unspecified atom stereocenters. The summed E-state index contributed by atoms with van der Waals surface area (Å²) in [5.74, 6) is 1.16. The summed E-state index contributed by atoms with van der Waals surface area (Å²) < 4.78 is 10.3. The molecular formula is C22H20N2O3. The fourth-order valence-corrected chi connectivity index (χ4v) is 2.55. The van der Waals surface area contributed by atoms with E-state index in [9.17, 15) is 4.79 Å². The summed E-state index contributed by atoms with van der Waals surface area (Å²) in [6.45, 7) is 0. The van der Waals surface area contributed by atoms with Gasteiger partial charge in [-0.05, 0) is 48.5 Å². The van der Waals surface area contributed by atoms with Crippen molar-refractivity contribution in [3.05, 3.63) is 95.6 Å². The molecule has 0 aliphatic rings. The number of hydrazone groups is 1. The zero-order valence-corrected chi connectivity index (χ0v) is 15.2. The molecule has 3 rings (SSSR count). The van der Waals surface area contributed by atoms with E-state index in [0.29, 0.717) is 17.0 Å². The van der Waals surface area contributed by atoms with Crippen molar-refractivity contribution in [3.63, 3.8) is 0 Å². The summed E-state index contributed by atoms with van der Waals surface area (Å²) in [6.07, 6.45) is 0. The third-order valence-electron chi connectivity index (χ3n) is 4.03. The summed E-state index contributed by atoms with van der Waals surface area (Å²) in [7, 11) is 3.21. The van der Waals surface area contributed by atoms with Crippen molar-refractivity contribution in [3.8, 4) is 11.5 Å². The summed E-state index contributed by atoms with van der Waals surface area (Å²) >= 11 is 0. The van der Waals surface area contributed by atoms with Gasteiger partial charge in [-0.3, -0.25) is 4.79 Å². The average Bonchev–Trinajstić information content (AvgIpc) is 2.75.